The molecule has 1 heterocycles. The molecule has 0 unspecified atom stereocenters. The Hall–Kier alpha value is -1.75. The molecule has 1 fully saturated rings. The zero-order valence-corrected chi connectivity index (χ0v) is 9.48. The van der Waals surface area contributed by atoms with E-state index < -0.39 is 5.97 Å². The van der Waals surface area contributed by atoms with Crippen LogP contribution in [0.25, 0.3) is 0 Å². The van der Waals surface area contributed by atoms with Gasteiger partial charge in [0.25, 0.3) is 0 Å². The van der Waals surface area contributed by atoms with Crippen LogP contribution in [0.1, 0.15) is 23.2 Å². The zero-order valence-electron chi connectivity index (χ0n) is 9.48. The quantitative estimate of drug-likeness (QED) is 0.693. The molecular formula is C12H16N2O3. The average molecular weight is 236 g/mol. The summed E-state index contributed by atoms with van der Waals surface area (Å²) in [6, 6.07) is 5.00. The maximum Gasteiger partial charge on any atom is 0.335 e. The summed E-state index contributed by atoms with van der Waals surface area (Å²) in [7, 11) is 0. The van der Waals surface area contributed by atoms with Crippen molar-refractivity contribution in [2.75, 3.05) is 24.3 Å². The van der Waals surface area contributed by atoms with Gasteiger partial charge in [-0.3, -0.25) is 0 Å². The standard InChI is InChI=1S/C12H16N2O3/c13-10-2-1-8(12(15)16)7-11(10)14-9-3-5-17-6-4-9/h1-2,7,9,14H,3-6,13H2,(H,15,16). The Bertz CT molecular complexity index is 414. The Morgan fingerprint density at radius 1 is 1.41 bits per heavy atom. The molecule has 0 spiro atoms. The van der Waals surface area contributed by atoms with Crippen molar-refractivity contribution in [3.05, 3.63) is 23.8 Å². The second-order valence-electron chi connectivity index (χ2n) is 4.14. The Balaban J connectivity index is 2.13. The Labute approximate surface area is 99.6 Å². The van der Waals surface area contributed by atoms with Gasteiger partial charge in [0.1, 0.15) is 0 Å². The summed E-state index contributed by atoms with van der Waals surface area (Å²) in [5, 5.41) is 12.2. The third-order valence-electron chi connectivity index (χ3n) is 2.88. The lowest BCUT2D eigenvalue weighted by Gasteiger charge is -2.25. The van der Waals surface area contributed by atoms with Crippen molar-refractivity contribution in [1.29, 1.82) is 0 Å². The fourth-order valence-corrected chi connectivity index (χ4v) is 1.88. The molecule has 5 nitrogen and oxygen atoms in total. The molecule has 4 N–H and O–H groups in total. The summed E-state index contributed by atoms with van der Waals surface area (Å²) >= 11 is 0. The average Bonchev–Trinajstić information content (AvgIpc) is 2.33. The van der Waals surface area contributed by atoms with Crippen LogP contribution in [0, 0.1) is 0 Å². The van der Waals surface area contributed by atoms with Crippen LogP contribution in [0.4, 0.5) is 11.4 Å². The van der Waals surface area contributed by atoms with Crippen LogP contribution in [-0.4, -0.2) is 30.3 Å². The third kappa shape index (κ3) is 2.88. The van der Waals surface area contributed by atoms with Crippen molar-refractivity contribution in [3.8, 4) is 0 Å². The number of hydrogen-bond donors (Lipinski definition) is 3. The van der Waals surface area contributed by atoms with E-state index >= 15 is 0 Å². The molecule has 92 valence electrons. The molecule has 5 heteroatoms. The predicted molar refractivity (Wildman–Crippen MR) is 65.3 cm³/mol. The van der Waals surface area contributed by atoms with E-state index in [4.69, 9.17) is 15.6 Å². The highest BCUT2D eigenvalue weighted by Gasteiger charge is 2.15. The number of rotatable bonds is 3. The fourth-order valence-electron chi connectivity index (χ4n) is 1.88. The van der Waals surface area contributed by atoms with Gasteiger partial charge < -0.3 is 20.9 Å². The van der Waals surface area contributed by atoms with E-state index in [1.165, 1.54) is 6.07 Å². The number of nitrogen functional groups attached to an aromatic ring is 1. The lowest BCUT2D eigenvalue weighted by molar-refractivity contribution is 0.0697. The molecule has 0 bridgehead atoms. The van der Waals surface area contributed by atoms with Crippen LogP contribution in [0.2, 0.25) is 0 Å². The van der Waals surface area contributed by atoms with Gasteiger partial charge in [-0.2, -0.15) is 0 Å². The monoisotopic (exact) mass is 236 g/mol. The summed E-state index contributed by atoms with van der Waals surface area (Å²) in [4.78, 5) is 10.9. The number of nitrogens with two attached hydrogens (primary N) is 1. The summed E-state index contributed by atoms with van der Waals surface area (Å²) < 4.78 is 5.26. The third-order valence-corrected chi connectivity index (χ3v) is 2.88. The van der Waals surface area contributed by atoms with Gasteiger partial charge in [-0.25, -0.2) is 4.79 Å². The van der Waals surface area contributed by atoms with Crippen molar-refractivity contribution in [2.45, 2.75) is 18.9 Å². The summed E-state index contributed by atoms with van der Waals surface area (Å²) in [5.74, 6) is -0.944. The van der Waals surface area contributed by atoms with Crippen molar-refractivity contribution in [2.24, 2.45) is 0 Å². The van der Waals surface area contributed by atoms with Gasteiger partial charge >= 0.3 is 5.97 Å². The molecule has 0 radical (unpaired) electrons. The molecule has 1 aromatic carbocycles. The number of nitrogens with one attached hydrogen (secondary N) is 1. The number of hydrogen-bond acceptors (Lipinski definition) is 4. The van der Waals surface area contributed by atoms with Crippen molar-refractivity contribution in [1.82, 2.24) is 0 Å². The first kappa shape index (κ1) is 11.7. The predicted octanol–water partition coefficient (Wildman–Crippen LogP) is 1.56. The molecule has 0 aromatic heterocycles. The van der Waals surface area contributed by atoms with Gasteiger partial charge in [0, 0.05) is 19.3 Å². The van der Waals surface area contributed by atoms with Gasteiger partial charge in [-0.15, -0.1) is 0 Å². The SMILES string of the molecule is Nc1ccc(C(=O)O)cc1NC1CCOCC1. The lowest BCUT2D eigenvalue weighted by Crippen LogP contribution is -2.28. The van der Waals surface area contributed by atoms with Crippen LogP contribution < -0.4 is 11.1 Å². The smallest absolute Gasteiger partial charge is 0.335 e. The molecule has 0 saturated carbocycles. The number of benzene rings is 1. The van der Waals surface area contributed by atoms with E-state index in [0.717, 1.165) is 26.1 Å². The first-order chi connectivity index (χ1) is 8.16. The van der Waals surface area contributed by atoms with Crippen molar-refractivity contribution in [3.63, 3.8) is 0 Å². The summed E-state index contributed by atoms with van der Waals surface area (Å²) in [6.45, 7) is 1.46. The van der Waals surface area contributed by atoms with Gasteiger partial charge in [0.2, 0.25) is 0 Å². The molecule has 0 atom stereocenters. The minimum atomic E-state index is -0.944. The van der Waals surface area contributed by atoms with Gasteiger partial charge in [-0.1, -0.05) is 0 Å². The molecule has 0 aliphatic carbocycles. The Morgan fingerprint density at radius 2 is 2.12 bits per heavy atom. The van der Waals surface area contributed by atoms with E-state index in [-0.39, 0.29) is 5.56 Å². The highest BCUT2D eigenvalue weighted by Crippen LogP contribution is 2.23. The maximum absolute atomic E-state index is 10.9. The minimum Gasteiger partial charge on any atom is -0.478 e. The highest BCUT2D eigenvalue weighted by molar-refractivity contribution is 5.90. The normalized spacial score (nSPS) is 16.7. The minimum absolute atomic E-state index is 0.244. The molecule has 17 heavy (non-hydrogen) atoms. The van der Waals surface area contributed by atoms with Crippen LogP contribution in [0.15, 0.2) is 18.2 Å². The number of carboxylic acid groups (broad SMARTS) is 1. The molecule has 1 aromatic rings. The number of carbonyl (C=O) groups is 1. The Kier molecular flexibility index (Phi) is 3.49. The number of anilines is 2. The van der Waals surface area contributed by atoms with Gasteiger partial charge in [0.05, 0.1) is 16.9 Å². The largest absolute Gasteiger partial charge is 0.478 e. The van der Waals surface area contributed by atoms with Crippen LogP contribution in [0.5, 0.6) is 0 Å². The molecule has 0 amide bonds. The van der Waals surface area contributed by atoms with Gasteiger partial charge in [0.15, 0.2) is 0 Å². The molecule has 1 saturated heterocycles. The van der Waals surface area contributed by atoms with Crippen LogP contribution in [0.3, 0.4) is 0 Å². The Morgan fingerprint density at radius 3 is 2.76 bits per heavy atom. The van der Waals surface area contributed by atoms with Crippen LogP contribution in [-0.2, 0) is 4.74 Å². The van der Waals surface area contributed by atoms with E-state index in [9.17, 15) is 4.79 Å². The van der Waals surface area contributed by atoms with E-state index in [2.05, 4.69) is 5.32 Å². The maximum atomic E-state index is 10.9. The second-order valence-corrected chi connectivity index (χ2v) is 4.14. The molecule has 1 aliphatic heterocycles. The highest BCUT2D eigenvalue weighted by atomic mass is 16.5. The van der Waals surface area contributed by atoms with E-state index in [1.807, 2.05) is 0 Å². The first-order valence-corrected chi connectivity index (χ1v) is 5.64. The molecular weight excluding hydrogens is 220 g/mol. The van der Waals surface area contributed by atoms with E-state index in [1.54, 1.807) is 12.1 Å². The van der Waals surface area contributed by atoms with Gasteiger partial charge in [-0.05, 0) is 31.0 Å². The topological polar surface area (TPSA) is 84.6 Å². The molecule has 2 rings (SSSR count). The second kappa shape index (κ2) is 5.05. The van der Waals surface area contributed by atoms with E-state index in [0.29, 0.717) is 17.4 Å². The number of aromatic carboxylic acids is 1. The summed E-state index contributed by atoms with van der Waals surface area (Å²) in [6.07, 6.45) is 1.83. The van der Waals surface area contributed by atoms with Crippen LogP contribution >= 0.6 is 0 Å². The first-order valence-electron chi connectivity index (χ1n) is 5.64. The fraction of sp³-hybridized carbons (Fsp3) is 0.417. The molecule has 1 aliphatic rings. The van der Waals surface area contributed by atoms with Crippen molar-refractivity contribution >= 4 is 17.3 Å². The van der Waals surface area contributed by atoms with Crippen molar-refractivity contribution < 1.29 is 14.6 Å². The lowest BCUT2D eigenvalue weighted by atomic mass is 10.1. The zero-order chi connectivity index (χ0) is 12.3. The summed E-state index contributed by atoms with van der Waals surface area (Å²) in [5.41, 5.74) is 7.33. The number of ether oxygens (including phenoxy) is 1. The number of carboxylic acids is 1.